The van der Waals surface area contributed by atoms with Crippen LogP contribution in [0, 0.1) is 0 Å². The van der Waals surface area contributed by atoms with Gasteiger partial charge in [-0.2, -0.15) is 0 Å². The first-order valence-electron chi connectivity index (χ1n) is 9.98. The summed E-state index contributed by atoms with van der Waals surface area (Å²) < 4.78 is 11.7. The number of ether oxygens (including phenoxy) is 1. The van der Waals surface area contributed by atoms with Gasteiger partial charge in [0.1, 0.15) is 22.8 Å². The molecule has 0 aliphatic heterocycles. The molecule has 5 heteroatoms. The maximum Gasteiger partial charge on any atom is 0.145 e. The summed E-state index contributed by atoms with van der Waals surface area (Å²) in [4.78, 5) is 9.36. The lowest BCUT2D eigenvalue weighted by Crippen LogP contribution is -2.26. The van der Waals surface area contributed by atoms with Crippen LogP contribution >= 0.6 is 0 Å². The zero-order valence-corrected chi connectivity index (χ0v) is 16.4. The van der Waals surface area contributed by atoms with Gasteiger partial charge in [-0.3, -0.25) is 9.98 Å². The Bertz CT molecular complexity index is 1180. The van der Waals surface area contributed by atoms with Crippen LogP contribution in [-0.4, -0.2) is 23.8 Å². The summed E-state index contributed by atoms with van der Waals surface area (Å²) >= 11 is 0. The van der Waals surface area contributed by atoms with Crippen LogP contribution in [0.15, 0.2) is 64.3 Å². The number of pyridine rings is 1. The largest absolute Gasteiger partial charge is 0.494 e. The summed E-state index contributed by atoms with van der Waals surface area (Å²) in [6.45, 7) is 0. The fraction of sp³-hybridized carbons (Fsp3) is 0.250. The van der Waals surface area contributed by atoms with E-state index in [2.05, 4.69) is 23.2 Å². The van der Waals surface area contributed by atoms with Gasteiger partial charge in [-0.1, -0.05) is 18.2 Å². The molecule has 2 heterocycles. The Morgan fingerprint density at radius 2 is 1.90 bits per heavy atom. The molecular formula is C24H23N3O2. The number of aromatic nitrogens is 1. The van der Waals surface area contributed by atoms with Crippen molar-refractivity contribution in [2.45, 2.75) is 31.7 Å². The Hall–Kier alpha value is -3.18. The van der Waals surface area contributed by atoms with E-state index < -0.39 is 0 Å². The predicted molar refractivity (Wildman–Crippen MR) is 117 cm³/mol. The molecule has 1 aliphatic rings. The molecule has 0 atom stereocenters. The number of para-hydroxylation sites is 1. The molecule has 0 saturated heterocycles. The highest BCUT2D eigenvalue weighted by molar-refractivity contribution is 6.00. The number of nitrogens with two attached hydrogens (primary N) is 1. The fourth-order valence-corrected chi connectivity index (χ4v) is 4.00. The molecule has 1 aliphatic carbocycles. The second kappa shape index (κ2) is 7.33. The molecule has 5 rings (SSSR count). The van der Waals surface area contributed by atoms with Crippen LogP contribution in [-0.2, 0) is 0 Å². The van der Waals surface area contributed by atoms with Crippen molar-refractivity contribution < 1.29 is 9.15 Å². The molecule has 1 saturated carbocycles. The molecule has 0 unspecified atom stereocenters. The van der Waals surface area contributed by atoms with Crippen molar-refractivity contribution in [2.24, 2.45) is 10.7 Å². The molecule has 29 heavy (non-hydrogen) atoms. The van der Waals surface area contributed by atoms with Gasteiger partial charge in [-0.05, 0) is 55.3 Å². The number of rotatable bonds is 3. The van der Waals surface area contributed by atoms with E-state index in [1.54, 1.807) is 7.11 Å². The lowest BCUT2D eigenvalue weighted by molar-refractivity contribution is 0.416. The summed E-state index contributed by atoms with van der Waals surface area (Å²) in [5, 5.41) is 3.12. The standard InChI is InChI=1S/C24H23N3O2/c1-28-24-11-16-13-26-14-20(23-10-15-4-2-3-5-22(15)29-23)19(16)12-21(24)27-18-8-6-17(25)7-9-18/h2-5,10-14,17H,6-9,25H2,1H3. The van der Waals surface area contributed by atoms with Crippen molar-refractivity contribution in [3.63, 3.8) is 0 Å². The number of benzene rings is 2. The van der Waals surface area contributed by atoms with Gasteiger partial charge in [0.15, 0.2) is 0 Å². The second-order valence-electron chi connectivity index (χ2n) is 7.60. The van der Waals surface area contributed by atoms with E-state index >= 15 is 0 Å². The third-order valence-electron chi connectivity index (χ3n) is 5.64. The summed E-state index contributed by atoms with van der Waals surface area (Å²) in [5.74, 6) is 1.56. The van der Waals surface area contributed by atoms with E-state index in [9.17, 15) is 0 Å². The van der Waals surface area contributed by atoms with E-state index in [1.807, 2.05) is 36.7 Å². The van der Waals surface area contributed by atoms with Crippen molar-refractivity contribution in [2.75, 3.05) is 7.11 Å². The minimum atomic E-state index is 0.290. The highest BCUT2D eigenvalue weighted by atomic mass is 16.5. The molecule has 5 nitrogen and oxygen atoms in total. The normalized spacial score (nSPS) is 17.0. The maximum atomic E-state index is 6.10. The van der Waals surface area contributed by atoms with Gasteiger partial charge < -0.3 is 14.9 Å². The highest BCUT2D eigenvalue weighted by Crippen LogP contribution is 2.38. The zero-order chi connectivity index (χ0) is 19.8. The molecule has 146 valence electrons. The van der Waals surface area contributed by atoms with Crippen LogP contribution < -0.4 is 10.5 Å². The third kappa shape index (κ3) is 3.38. The van der Waals surface area contributed by atoms with E-state index in [1.165, 1.54) is 5.71 Å². The van der Waals surface area contributed by atoms with Crippen molar-refractivity contribution in [1.29, 1.82) is 0 Å². The maximum absolute atomic E-state index is 6.10. The first-order valence-corrected chi connectivity index (χ1v) is 9.98. The first kappa shape index (κ1) is 17.9. The minimum Gasteiger partial charge on any atom is -0.494 e. The Morgan fingerprint density at radius 1 is 1.07 bits per heavy atom. The lowest BCUT2D eigenvalue weighted by atomic mass is 9.94. The van der Waals surface area contributed by atoms with Crippen LogP contribution in [0.5, 0.6) is 5.75 Å². The Labute approximate surface area is 169 Å². The Morgan fingerprint density at radius 3 is 2.69 bits per heavy atom. The van der Waals surface area contributed by atoms with E-state index in [0.29, 0.717) is 6.04 Å². The van der Waals surface area contributed by atoms with Gasteiger partial charge in [0.25, 0.3) is 0 Å². The summed E-state index contributed by atoms with van der Waals surface area (Å²) in [7, 11) is 1.68. The average Bonchev–Trinajstić information content (AvgIpc) is 3.18. The number of methoxy groups -OCH3 is 1. The van der Waals surface area contributed by atoms with E-state index in [-0.39, 0.29) is 0 Å². The van der Waals surface area contributed by atoms with E-state index in [4.69, 9.17) is 19.9 Å². The van der Waals surface area contributed by atoms with Gasteiger partial charge in [0, 0.05) is 40.5 Å². The molecule has 1 fully saturated rings. The summed E-state index contributed by atoms with van der Waals surface area (Å²) in [5.41, 5.74) is 9.89. The van der Waals surface area contributed by atoms with Gasteiger partial charge in [-0.25, -0.2) is 0 Å². The molecule has 2 aromatic heterocycles. The summed E-state index contributed by atoms with van der Waals surface area (Å²) in [6.07, 6.45) is 7.56. The van der Waals surface area contributed by atoms with Crippen molar-refractivity contribution in [3.8, 4) is 17.1 Å². The Kier molecular flexibility index (Phi) is 4.52. The average molecular weight is 385 g/mol. The minimum absolute atomic E-state index is 0.290. The van der Waals surface area contributed by atoms with Gasteiger partial charge >= 0.3 is 0 Å². The number of furan rings is 1. The molecule has 0 amide bonds. The molecule has 4 aromatic rings. The number of nitrogens with zero attached hydrogens (tertiary/aromatic N) is 2. The van der Waals surface area contributed by atoms with Gasteiger partial charge in [0.2, 0.25) is 0 Å². The highest BCUT2D eigenvalue weighted by Gasteiger charge is 2.16. The van der Waals surface area contributed by atoms with Crippen LogP contribution in [0.1, 0.15) is 25.7 Å². The van der Waals surface area contributed by atoms with Crippen molar-refractivity contribution >= 4 is 33.1 Å². The third-order valence-corrected chi connectivity index (χ3v) is 5.64. The second-order valence-corrected chi connectivity index (χ2v) is 7.60. The number of fused-ring (bicyclic) bond motifs is 2. The van der Waals surface area contributed by atoms with Crippen molar-refractivity contribution in [3.05, 3.63) is 54.9 Å². The van der Waals surface area contributed by atoms with Crippen LogP contribution in [0.4, 0.5) is 5.69 Å². The number of hydrogen-bond acceptors (Lipinski definition) is 5. The number of aliphatic imine (C=N–C) groups is 1. The molecule has 2 N–H and O–H groups in total. The molecule has 2 aromatic carbocycles. The topological polar surface area (TPSA) is 73.6 Å². The van der Waals surface area contributed by atoms with Crippen LogP contribution in [0.2, 0.25) is 0 Å². The van der Waals surface area contributed by atoms with Crippen molar-refractivity contribution in [1.82, 2.24) is 4.98 Å². The van der Waals surface area contributed by atoms with E-state index in [0.717, 1.165) is 70.2 Å². The first-order chi connectivity index (χ1) is 14.2. The van der Waals surface area contributed by atoms with Crippen LogP contribution in [0.3, 0.4) is 0 Å². The molecule has 0 radical (unpaired) electrons. The quantitative estimate of drug-likeness (QED) is 0.496. The lowest BCUT2D eigenvalue weighted by Gasteiger charge is -2.19. The molecular weight excluding hydrogens is 362 g/mol. The Balaban J connectivity index is 1.65. The molecule has 0 bridgehead atoms. The zero-order valence-electron chi connectivity index (χ0n) is 16.4. The van der Waals surface area contributed by atoms with Crippen LogP contribution in [0.25, 0.3) is 33.1 Å². The van der Waals surface area contributed by atoms with Gasteiger partial charge in [0.05, 0.1) is 7.11 Å². The monoisotopic (exact) mass is 385 g/mol. The summed E-state index contributed by atoms with van der Waals surface area (Å²) in [6, 6.07) is 14.5. The number of hydrogen-bond donors (Lipinski definition) is 1. The smallest absolute Gasteiger partial charge is 0.145 e. The van der Waals surface area contributed by atoms with Gasteiger partial charge in [-0.15, -0.1) is 0 Å². The SMILES string of the molecule is COc1cc2cncc(-c3cc4ccccc4o3)c2cc1N=C1CCC(N)CC1. The predicted octanol–water partition coefficient (Wildman–Crippen LogP) is 5.63. The molecule has 0 spiro atoms. The fourth-order valence-electron chi connectivity index (χ4n) is 4.00.